The van der Waals surface area contributed by atoms with Crippen molar-refractivity contribution in [2.24, 2.45) is 0 Å². The molecular formula is C37H34F2N6O4. The summed E-state index contributed by atoms with van der Waals surface area (Å²) < 4.78 is 45.2. The molecule has 0 radical (unpaired) electrons. The number of nitrogens with zero attached hydrogens (tertiary/aromatic N) is 6. The molecule has 4 fully saturated rings. The van der Waals surface area contributed by atoms with Crippen LogP contribution in [0.2, 0.25) is 0 Å². The van der Waals surface area contributed by atoms with E-state index in [1.807, 2.05) is 11.8 Å². The third kappa shape index (κ3) is 4.34. The third-order valence-electron chi connectivity index (χ3n) is 11.3. The number of ether oxygens (including phenoxy) is 2. The summed E-state index contributed by atoms with van der Waals surface area (Å²) in [7, 11) is 0. The minimum Gasteiger partial charge on any atom is -0.472 e. The molecule has 0 saturated carbocycles. The molecule has 1 amide bonds. The molecule has 0 aliphatic carbocycles. The number of anilines is 1. The van der Waals surface area contributed by atoms with Gasteiger partial charge >= 0.3 is 12.1 Å². The first kappa shape index (κ1) is 30.1. The lowest BCUT2D eigenvalue weighted by molar-refractivity contribution is 0.0706. The Balaban J connectivity index is 1.25. The number of rotatable bonds is 4. The van der Waals surface area contributed by atoms with Crippen molar-refractivity contribution < 1.29 is 28.2 Å². The first-order valence-corrected chi connectivity index (χ1v) is 16.8. The van der Waals surface area contributed by atoms with Gasteiger partial charge in [0.1, 0.15) is 40.9 Å². The minimum absolute atomic E-state index is 0.00222. The van der Waals surface area contributed by atoms with Gasteiger partial charge in [-0.25, -0.2) is 18.6 Å². The summed E-state index contributed by atoms with van der Waals surface area (Å²) in [6.45, 7) is 8.53. The highest BCUT2D eigenvalue weighted by Crippen LogP contribution is 2.47. The topological polar surface area (TPSA) is 104 Å². The highest BCUT2D eigenvalue weighted by atomic mass is 19.1. The molecule has 2 bridgehead atoms. The van der Waals surface area contributed by atoms with Crippen molar-refractivity contribution >= 4 is 33.6 Å². The maximum absolute atomic E-state index is 17.2. The van der Waals surface area contributed by atoms with Gasteiger partial charge < -0.3 is 19.5 Å². The van der Waals surface area contributed by atoms with Gasteiger partial charge in [0.15, 0.2) is 5.82 Å². The Bertz CT molecular complexity index is 2150. The molecular weight excluding hydrogens is 630 g/mol. The number of hydrogen-bond donors (Lipinski definition) is 1. The largest absolute Gasteiger partial charge is 0.472 e. The number of amides is 1. The molecule has 5 aliphatic heterocycles. The molecule has 2 aromatic heterocycles. The molecule has 4 saturated heterocycles. The van der Waals surface area contributed by atoms with E-state index in [0.29, 0.717) is 48.1 Å². The molecule has 5 unspecified atom stereocenters. The van der Waals surface area contributed by atoms with E-state index in [4.69, 9.17) is 25.9 Å². The Kier molecular flexibility index (Phi) is 6.59. The van der Waals surface area contributed by atoms with E-state index in [1.54, 1.807) is 24.3 Å². The number of benzene rings is 2. The fourth-order valence-corrected chi connectivity index (χ4v) is 9.30. The molecule has 4 aromatic rings. The van der Waals surface area contributed by atoms with Crippen molar-refractivity contribution in [3.8, 4) is 35.5 Å². The summed E-state index contributed by atoms with van der Waals surface area (Å²) in [5.74, 6) is 1.59. The first-order chi connectivity index (χ1) is 23.7. The zero-order valence-corrected chi connectivity index (χ0v) is 27.0. The first-order valence-electron chi connectivity index (χ1n) is 16.8. The van der Waals surface area contributed by atoms with E-state index in [-0.39, 0.29) is 51.7 Å². The fraction of sp³-hybridized carbons (Fsp3) is 0.405. The molecule has 5 atom stereocenters. The van der Waals surface area contributed by atoms with Gasteiger partial charge in [-0.1, -0.05) is 42.3 Å². The summed E-state index contributed by atoms with van der Waals surface area (Å²) in [6.07, 6.45) is 8.40. The minimum atomic E-state index is -0.976. The lowest BCUT2D eigenvalue weighted by Crippen LogP contribution is -2.64. The zero-order valence-electron chi connectivity index (χ0n) is 27.0. The summed E-state index contributed by atoms with van der Waals surface area (Å²) >= 11 is 0. The predicted molar refractivity (Wildman–Crippen MR) is 179 cm³/mol. The van der Waals surface area contributed by atoms with Crippen LogP contribution < -0.4 is 14.4 Å². The van der Waals surface area contributed by atoms with Gasteiger partial charge in [0, 0.05) is 24.0 Å². The van der Waals surface area contributed by atoms with Crippen LogP contribution in [0.25, 0.3) is 32.9 Å². The van der Waals surface area contributed by atoms with Gasteiger partial charge in [0.2, 0.25) is 5.88 Å². The van der Waals surface area contributed by atoms with Gasteiger partial charge in [-0.3, -0.25) is 9.80 Å². The third-order valence-corrected chi connectivity index (χ3v) is 11.3. The van der Waals surface area contributed by atoms with Crippen molar-refractivity contribution in [3.05, 3.63) is 59.7 Å². The predicted octanol–water partition coefficient (Wildman–Crippen LogP) is 5.76. The number of halogens is 2. The van der Waals surface area contributed by atoms with Crippen LogP contribution in [0.4, 0.5) is 19.4 Å². The fourth-order valence-electron chi connectivity index (χ4n) is 9.30. The molecule has 7 heterocycles. The number of pyridine rings is 1. The SMILES string of the molecule is C#Cc1c(F)ccc2cccc(-c3nc4c5c(nc(OCC67CCCN6CC(=C)C7)nc5c3F)N3CC5CCC(C3C(C)O4)N5C(=O)O)c12. The van der Waals surface area contributed by atoms with Gasteiger partial charge in [0.05, 0.1) is 29.2 Å². The van der Waals surface area contributed by atoms with Crippen LogP contribution >= 0.6 is 0 Å². The summed E-state index contributed by atoms with van der Waals surface area (Å²) in [5.41, 5.74) is 1.08. The van der Waals surface area contributed by atoms with Crippen molar-refractivity contribution in [1.29, 1.82) is 0 Å². The van der Waals surface area contributed by atoms with E-state index in [0.717, 1.165) is 37.9 Å². The second-order valence-corrected chi connectivity index (χ2v) is 14.0. The molecule has 12 heteroatoms. The monoisotopic (exact) mass is 664 g/mol. The average Bonchev–Trinajstić information content (AvgIpc) is 3.69. The zero-order chi connectivity index (χ0) is 33.8. The van der Waals surface area contributed by atoms with E-state index < -0.39 is 29.9 Å². The highest BCUT2D eigenvalue weighted by molar-refractivity contribution is 6.03. The van der Waals surface area contributed by atoms with Gasteiger partial charge in [-0.15, -0.1) is 6.42 Å². The Labute approximate surface area is 281 Å². The molecule has 9 rings (SSSR count). The van der Waals surface area contributed by atoms with Gasteiger partial charge in [-0.2, -0.15) is 9.97 Å². The van der Waals surface area contributed by atoms with Crippen LogP contribution in [-0.4, -0.2) is 92.0 Å². The van der Waals surface area contributed by atoms with Crippen molar-refractivity contribution in [2.45, 2.75) is 68.8 Å². The molecule has 1 N–H and O–H groups in total. The van der Waals surface area contributed by atoms with E-state index in [9.17, 15) is 9.90 Å². The van der Waals surface area contributed by atoms with Crippen molar-refractivity contribution in [1.82, 2.24) is 24.8 Å². The van der Waals surface area contributed by atoms with Crippen LogP contribution in [0, 0.1) is 24.0 Å². The number of fused-ring (bicyclic) bond motifs is 7. The molecule has 0 spiro atoms. The van der Waals surface area contributed by atoms with Crippen molar-refractivity contribution in [2.75, 3.05) is 31.1 Å². The Hall–Kier alpha value is -5.02. The number of piperazine rings is 1. The van der Waals surface area contributed by atoms with Crippen LogP contribution in [0.3, 0.4) is 0 Å². The number of aromatic nitrogens is 3. The maximum Gasteiger partial charge on any atom is 0.407 e. The molecule has 10 nitrogen and oxygen atoms in total. The Morgan fingerprint density at radius 1 is 1.20 bits per heavy atom. The second-order valence-electron chi connectivity index (χ2n) is 14.0. The molecule has 2 aromatic carbocycles. The number of carboxylic acid groups (broad SMARTS) is 1. The normalized spacial score (nSPS) is 27.2. The van der Waals surface area contributed by atoms with Crippen LogP contribution in [-0.2, 0) is 0 Å². The second kappa shape index (κ2) is 10.7. The smallest absolute Gasteiger partial charge is 0.407 e. The lowest BCUT2D eigenvalue weighted by Gasteiger charge is -2.47. The van der Waals surface area contributed by atoms with Crippen molar-refractivity contribution in [3.63, 3.8) is 0 Å². The Morgan fingerprint density at radius 2 is 2.06 bits per heavy atom. The summed E-state index contributed by atoms with van der Waals surface area (Å²) in [4.78, 5) is 32.7. The summed E-state index contributed by atoms with van der Waals surface area (Å²) in [5, 5.41) is 11.4. The van der Waals surface area contributed by atoms with Crippen LogP contribution in [0.1, 0.15) is 44.6 Å². The molecule has 5 aliphatic rings. The number of terminal acetylenes is 1. The van der Waals surface area contributed by atoms with E-state index in [2.05, 4.69) is 22.4 Å². The summed E-state index contributed by atoms with van der Waals surface area (Å²) in [6, 6.07) is 7.02. The van der Waals surface area contributed by atoms with E-state index >= 15 is 8.78 Å². The van der Waals surface area contributed by atoms with E-state index in [1.165, 1.54) is 11.0 Å². The standard InChI is InChI=1S/C37H34F2N6O4/c1-4-23-25(38)11-9-21-7-5-8-24(27(21)23)30-29(39)31-28-33(42-35(41-31)48-18-37-13-6-14-43(37)16-19(2)15-37)44-17-22-10-12-26(45(22)36(46)47)32(44)20(3)49-34(28)40-30/h1,5,7-9,11,20,22,26,32H,2,6,10,12-18H2,3H3,(H,46,47). The number of carbonyl (C=O) groups is 1. The van der Waals surface area contributed by atoms with Crippen LogP contribution in [0.15, 0.2) is 42.5 Å². The quantitative estimate of drug-likeness (QED) is 0.216. The molecule has 49 heavy (non-hydrogen) atoms. The highest BCUT2D eigenvalue weighted by Gasteiger charge is 2.53. The molecule has 250 valence electrons. The van der Waals surface area contributed by atoms with Crippen LogP contribution in [0.5, 0.6) is 11.9 Å². The Morgan fingerprint density at radius 3 is 2.88 bits per heavy atom. The van der Waals surface area contributed by atoms with Gasteiger partial charge in [-0.05, 0) is 57.0 Å². The van der Waals surface area contributed by atoms with Gasteiger partial charge in [0.25, 0.3) is 0 Å². The maximum atomic E-state index is 17.2. The number of hydrogen-bond acceptors (Lipinski definition) is 8. The average molecular weight is 665 g/mol. The lowest BCUT2D eigenvalue weighted by atomic mass is 9.94.